The van der Waals surface area contributed by atoms with E-state index in [1.807, 2.05) is 12.1 Å². The summed E-state index contributed by atoms with van der Waals surface area (Å²) in [5, 5.41) is 7.98. The molecule has 2 aromatic carbocycles. The summed E-state index contributed by atoms with van der Waals surface area (Å²) in [6.07, 6.45) is 0.961. The Morgan fingerprint density at radius 3 is 2.43 bits per heavy atom. The lowest BCUT2D eigenvalue weighted by molar-refractivity contribution is 0.317. The minimum atomic E-state index is -0.126. The molecule has 5 heteroatoms. The average molecular weight is 305 g/mol. The molecule has 0 spiro atoms. The van der Waals surface area contributed by atoms with Crippen molar-refractivity contribution in [2.75, 3.05) is 6.61 Å². The van der Waals surface area contributed by atoms with Gasteiger partial charge < -0.3 is 15.2 Å². The van der Waals surface area contributed by atoms with E-state index in [2.05, 4.69) is 6.92 Å². The van der Waals surface area contributed by atoms with Crippen LogP contribution in [0.1, 0.15) is 18.9 Å². The summed E-state index contributed by atoms with van der Waals surface area (Å²) in [4.78, 5) is 0. The van der Waals surface area contributed by atoms with E-state index in [-0.39, 0.29) is 5.84 Å². The molecule has 2 aromatic rings. The Hall–Kier alpha value is -2.20. The fraction of sp³-hybridized carbons (Fsp3) is 0.188. The Labute approximate surface area is 129 Å². The second-order valence-corrected chi connectivity index (χ2v) is 4.86. The molecule has 21 heavy (non-hydrogen) atoms. The second-order valence-electron chi connectivity index (χ2n) is 4.45. The van der Waals surface area contributed by atoms with Gasteiger partial charge in [0, 0.05) is 0 Å². The maximum absolute atomic E-state index is 7.59. The van der Waals surface area contributed by atoms with Crippen molar-refractivity contribution >= 4 is 17.4 Å². The van der Waals surface area contributed by atoms with Crippen molar-refractivity contribution in [2.24, 2.45) is 5.73 Å². The number of halogens is 1. The van der Waals surface area contributed by atoms with Gasteiger partial charge in [-0.1, -0.05) is 24.6 Å². The maximum atomic E-state index is 7.59. The Bertz CT molecular complexity index is 627. The standard InChI is InChI=1S/C16H17ClN2O2/c1-2-10-20-11-6-8-12(9-7-11)21-14-5-3-4-13(17)15(14)16(18)19/h3-9H,2,10H2,1H3,(H3,18,19). The van der Waals surface area contributed by atoms with Crippen LogP contribution in [0.4, 0.5) is 0 Å². The van der Waals surface area contributed by atoms with Gasteiger partial charge in [-0.15, -0.1) is 0 Å². The normalized spacial score (nSPS) is 10.2. The lowest BCUT2D eigenvalue weighted by Gasteiger charge is -2.12. The van der Waals surface area contributed by atoms with Crippen LogP contribution in [0.5, 0.6) is 17.2 Å². The number of amidine groups is 1. The van der Waals surface area contributed by atoms with Crippen LogP contribution in [0.15, 0.2) is 42.5 Å². The Morgan fingerprint density at radius 1 is 1.14 bits per heavy atom. The maximum Gasteiger partial charge on any atom is 0.139 e. The first-order valence-corrected chi connectivity index (χ1v) is 7.03. The zero-order valence-electron chi connectivity index (χ0n) is 11.7. The number of nitrogen functional groups attached to an aromatic ring is 1. The average Bonchev–Trinajstić information content (AvgIpc) is 2.46. The molecule has 110 valence electrons. The lowest BCUT2D eigenvalue weighted by atomic mass is 10.2. The largest absolute Gasteiger partial charge is 0.494 e. The predicted molar refractivity (Wildman–Crippen MR) is 84.8 cm³/mol. The van der Waals surface area contributed by atoms with Crippen LogP contribution in [0.3, 0.4) is 0 Å². The molecule has 0 aliphatic rings. The molecule has 0 heterocycles. The van der Waals surface area contributed by atoms with Crippen molar-refractivity contribution in [1.82, 2.24) is 0 Å². The SMILES string of the molecule is CCCOc1ccc(Oc2cccc(Cl)c2C(=N)N)cc1. The molecule has 0 radical (unpaired) electrons. The van der Waals surface area contributed by atoms with Crippen LogP contribution in [-0.4, -0.2) is 12.4 Å². The first-order chi connectivity index (χ1) is 10.1. The molecule has 0 aliphatic heterocycles. The summed E-state index contributed by atoms with van der Waals surface area (Å²) in [6, 6.07) is 12.4. The van der Waals surface area contributed by atoms with Gasteiger partial charge in [0.25, 0.3) is 0 Å². The highest BCUT2D eigenvalue weighted by atomic mass is 35.5. The zero-order chi connectivity index (χ0) is 15.2. The van der Waals surface area contributed by atoms with Crippen molar-refractivity contribution in [2.45, 2.75) is 13.3 Å². The number of ether oxygens (including phenoxy) is 2. The summed E-state index contributed by atoms with van der Waals surface area (Å²) in [7, 11) is 0. The topological polar surface area (TPSA) is 68.3 Å². The van der Waals surface area contributed by atoms with Crippen molar-refractivity contribution in [3.63, 3.8) is 0 Å². The minimum Gasteiger partial charge on any atom is -0.494 e. The fourth-order valence-corrected chi connectivity index (χ4v) is 2.07. The monoisotopic (exact) mass is 304 g/mol. The highest BCUT2D eigenvalue weighted by Crippen LogP contribution is 2.30. The summed E-state index contributed by atoms with van der Waals surface area (Å²) < 4.78 is 11.3. The van der Waals surface area contributed by atoms with Crippen molar-refractivity contribution in [3.8, 4) is 17.2 Å². The summed E-state index contributed by atoms with van der Waals surface area (Å²) in [6.45, 7) is 2.74. The van der Waals surface area contributed by atoms with Crippen molar-refractivity contribution in [1.29, 1.82) is 5.41 Å². The first-order valence-electron chi connectivity index (χ1n) is 6.65. The number of benzene rings is 2. The third-order valence-corrected chi connectivity index (χ3v) is 3.08. The van der Waals surface area contributed by atoms with E-state index in [4.69, 9.17) is 32.2 Å². The van der Waals surface area contributed by atoms with Gasteiger partial charge in [-0.3, -0.25) is 5.41 Å². The molecular formula is C16H17ClN2O2. The van der Waals surface area contributed by atoms with Gasteiger partial charge in [0.15, 0.2) is 0 Å². The number of hydrogen-bond donors (Lipinski definition) is 2. The van der Waals surface area contributed by atoms with Crippen LogP contribution in [0.2, 0.25) is 5.02 Å². The van der Waals surface area contributed by atoms with Crippen molar-refractivity contribution in [3.05, 3.63) is 53.1 Å². The van der Waals surface area contributed by atoms with Gasteiger partial charge in [-0.05, 0) is 42.8 Å². The Morgan fingerprint density at radius 2 is 1.81 bits per heavy atom. The molecule has 2 rings (SSSR count). The van der Waals surface area contributed by atoms with Gasteiger partial charge in [-0.2, -0.15) is 0 Å². The zero-order valence-corrected chi connectivity index (χ0v) is 12.5. The summed E-state index contributed by atoms with van der Waals surface area (Å²) in [5.74, 6) is 1.75. The minimum absolute atomic E-state index is 0.126. The molecule has 0 aromatic heterocycles. The molecule has 0 unspecified atom stereocenters. The fourth-order valence-electron chi connectivity index (χ4n) is 1.80. The number of hydrogen-bond acceptors (Lipinski definition) is 3. The third-order valence-electron chi connectivity index (χ3n) is 2.77. The molecule has 4 nitrogen and oxygen atoms in total. The van der Waals surface area contributed by atoms with E-state index >= 15 is 0 Å². The molecule has 0 bridgehead atoms. The molecule has 3 N–H and O–H groups in total. The molecular weight excluding hydrogens is 288 g/mol. The lowest BCUT2D eigenvalue weighted by Crippen LogP contribution is -2.13. The van der Waals surface area contributed by atoms with Gasteiger partial charge in [0.05, 0.1) is 17.2 Å². The van der Waals surface area contributed by atoms with Gasteiger partial charge >= 0.3 is 0 Å². The molecule has 0 saturated heterocycles. The summed E-state index contributed by atoms with van der Waals surface area (Å²) >= 11 is 6.05. The molecule has 0 fully saturated rings. The van der Waals surface area contributed by atoms with Crippen LogP contribution in [0.25, 0.3) is 0 Å². The Kier molecular flexibility index (Phi) is 5.06. The van der Waals surface area contributed by atoms with Crippen LogP contribution >= 0.6 is 11.6 Å². The van der Waals surface area contributed by atoms with Crippen LogP contribution < -0.4 is 15.2 Å². The van der Waals surface area contributed by atoms with E-state index in [9.17, 15) is 0 Å². The quantitative estimate of drug-likeness (QED) is 0.620. The molecule has 0 aliphatic carbocycles. The summed E-state index contributed by atoms with van der Waals surface area (Å²) in [5.41, 5.74) is 5.94. The Balaban J connectivity index is 2.19. The highest BCUT2D eigenvalue weighted by molar-refractivity contribution is 6.34. The van der Waals surface area contributed by atoms with E-state index < -0.39 is 0 Å². The predicted octanol–water partition coefficient (Wildman–Crippen LogP) is 4.21. The van der Waals surface area contributed by atoms with Gasteiger partial charge in [-0.25, -0.2) is 0 Å². The number of nitrogens with one attached hydrogen (secondary N) is 1. The molecule has 0 saturated carbocycles. The molecule has 0 amide bonds. The smallest absolute Gasteiger partial charge is 0.139 e. The number of rotatable bonds is 6. The van der Waals surface area contributed by atoms with Crippen molar-refractivity contribution < 1.29 is 9.47 Å². The number of nitrogens with two attached hydrogens (primary N) is 1. The van der Waals surface area contributed by atoms with Gasteiger partial charge in [0.2, 0.25) is 0 Å². The van der Waals surface area contributed by atoms with E-state index in [0.29, 0.717) is 28.7 Å². The highest BCUT2D eigenvalue weighted by Gasteiger charge is 2.11. The first kappa shape index (κ1) is 15.2. The molecule has 0 atom stereocenters. The van der Waals surface area contributed by atoms with Gasteiger partial charge in [0.1, 0.15) is 23.1 Å². The van der Waals surface area contributed by atoms with Crippen LogP contribution in [0, 0.1) is 5.41 Å². The van der Waals surface area contributed by atoms with Crippen LogP contribution in [-0.2, 0) is 0 Å². The third kappa shape index (κ3) is 3.89. The van der Waals surface area contributed by atoms with E-state index in [1.54, 1.807) is 30.3 Å². The van der Waals surface area contributed by atoms with E-state index in [1.165, 1.54) is 0 Å². The van der Waals surface area contributed by atoms with E-state index in [0.717, 1.165) is 12.2 Å². The second kappa shape index (κ2) is 6.99.